The Balaban J connectivity index is 1.46. The lowest BCUT2D eigenvalue weighted by Crippen LogP contribution is -2.55. The van der Waals surface area contributed by atoms with Crippen LogP contribution in [0.3, 0.4) is 0 Å². The number of benzene rings is 2. The van der Waals surface area contributed by atoms with Gasteiger partial charge in [0.05, 0.1) is 30.7 Å². The maximum Gasteiger partial charge on any atom is 0.416 e. The first-order chi connectivity index (χ1) is 17.2. The van der Waals surface area contributed by atoms with Crippen LogP contribution in [0.25, 0.3) is 0 Å². The second-order valence-electron chi connectivity index (χ2n) is 9.64. The molecule has 2 fully saturated rings. The molecule has 2 heterocycles. The maximum atomic E-state index is 13.4. The molecule has 2 aromatic rings. The highest BCUT2D eigenvalue weighted by Crippen LogP contribution is 2.33. The molecule has 1 N–H and O–H groups in total. The van der Waals surface area contributed by atoms with Gasteiger partial charge in [0.15, 0.2) is 0 Å². The molecule has 0 aromatic heterocycles. The minimum atomic E-state index is -1.30. The number of imide groups is 1. The Kier molecular flexibility index (Phi) is 7.61. The molecule has 0 unspecified atom stereocenters. The number of ether oxygens (including phenoxy) is 3. The van der Waals surface area contributed by atoms with Gasteiger partial charge >= 0.3 is 12.2 Å². The first kappa shape index (κ1) is 25.7. The van der Waals surface area contributed by atoms with Crippen LogP contribution in [-0.2, 0) is 32.0 Å². The lowest BCUT2D eigenvalue weighted by molar-refractivity contribution is -0.138. The van der Waals surface area contributed by atoms with E-state index in [1.54, 1.807) is 13.8 Å². The van der Waals surface area contributed by atoms with Crippen molar-refractivity contribution in [3.8, 4) is 0 Å². The summed E-state index contributed by atoms with van der Waals surface area (Å²) in [4.78, 5) is 41.3. The molecule has 0 spiro atoms. The number of rotatable bonds is 7. The van der Waals surface area contributed by atoms with Gasteiger partial charge in [0.1, 0.15) is 18.9 Å². The quantitative estimate of drug-likeness (QED) is 0.627. The molecule has 4 atom stereocenters. The van der Waals surface area contributed by atoms with Crippen molar-refractivity contribution in [2.45, 2.75) is 57.7 Å². The van der Waals surface area contributed by atoms with Crippen LogP contribution in [0.4, 0.5) is 9.59 Å². The van der Waals surface area contributed by atoms with Gasteiger partial charge in [-0.05, 0) is 31.4 Å². The first-order valence-corrected chi connectivity index (χ1v) is 12.0. The topological polar surface area (TPSA) is 106 Å². The predicted molar refractivity (Wildman–Crippen MR) is 130 cm³/mol. The van der Waals surface area contributed by atoms with Crippen molar-refractivity contribution in [1.82, 2.24) is 9.80 Å². The molecule has 2 aromatic carbocycles. The van der Waals surface area contributed by atoms with Gasteiger partial charge in [-0.3, -0.25) is 9.69 Å². The monoisotopic (exact) mass is 496 g/mol. The zero-order valence-corrected chi connectivity index (χ0v) is 20.7. The summed E-state index contributed by atoms with van der Waals surface area (Å²) in [7, 11) is 0. The number of carbonyl (C=O) groups excluding carboxylic acids is 3. The molecular weight excluding hydrogens is 464 g/mol. The fraction of sp³-hybridized carbons (Fsp3) is 0.444. The summed E-state index contributed by atoms with van der Waals surface area (Å²) < 4.78 is 16.4. The Morgan fingerprint density at radius 2 is 1.67 bits per heavy atom. The number of amides is 3. The third kappa shape index (κ3) is 5.37. The minimum Gasteiger partial charge on any atom is -0.447 e. The lowest BCUT2D eigenvalue weighted by Gasteiger charge is -2.36. The van der Waals surface area contributed by atoms with Crippen LogP contribution in [0.1, 0.15) is 31.9 Å². The summed E-state index contributed by atoms with van der Waals surface area (Å²) in [6, 6.07) is 17.4. The van der Waals surface area contributed by atoms with E-state index >= 15 is 0 Å². The smallest absolute Gasteiger partial charge is 0.416 e. The lowest BCUT2D eigenvalue weighted by atomic mass is 9.94. The van der Waals surface area contributed by atoms with E-state index in [-0.39, 0.29) is 19.8 Å². The third-order valence-corrected chi connectivity index (χ3v) is 6.73. The first-order valence-electron chi connectivity index (χ1n) is 12.0. The summed E-state index contributed by atoms with van der Waals surface area (Å²) in [5, 5.41) is 11.2. The Hall–Kier alpha value is -3.43. The average molecular weight is 497 g/mol. The fourth-order valence-corrected chi connectivity index (χ4v) is 4.69. The van der Waals surface area contributed by atoms with Crippen molar-refractivity contribution in [2.75, 3.05) is 13.2 Å². The van der Waals surface area contributed by atoms with Crippen LogP contribution in [0.2, 0.25) is 0 Å². The van der Waals surface area contributed by atoms with Crippen molar-refractivity contribution >= 4 is 18.1 Å². The van der Waals surface area contributed by atoms with Crippen LogP contribution in [0, 0.1) is 5.92 Å². The van der Waals surface area contributed by atoms with Gasteiger partial charge in [0, 0.05) is 0 Å². The largest absolute Gasteiger partial charge is 0.447 e. The Bertz CT molecular complexity index is 1080. The van der Waals surface area contributed by atoms with Crippen molar-refractivity contribution in [3.63, 3.8) is 0 Å². The minimum absolute atomic E-state index is 0.0180. The average Bonchev–Trinajstić information content (AvgIpc) is 3.40. The molecule has 0 bridgehead atoms. The number of carbonyl (C=O) groups is 3. The molecule has 2 aliphatic heterocycles. The number of cyclic esters (lactones) is 1. The van der Waals surface area contributed by atoms with Gasteiger partial charge in [-0.1, -0.05) is 67.6 Å². The number of nitrogens with zero attached hydrogens (tertiary/aromatic N) is 2. The molecule has 3 amide bonds. The van der Waals surface area contributed by atoms with Crippen LogP contribution < -0.4 is 0 Å². The molecule has 9 nitrogen and oxygen atoms in total. The van der Waals surface area contributed by atoms with E-state index in [2.05, 4.69) is 0 Å². The normalized spacial score (nSPS) is 22.7. The third-order valence-electron chi connectivity index (χ3n) is 6.73. The van der Waals surface area contributed by atoms with E-state index in [0.717, 1.165) is 16.0 Å². The highest BCUT2D eigenvalue weighted by Gasteiger charge is 2.51. The molecule has 0 saturated carbocycles. The number of hydrogen-bond acceptors (Lipinski definition) is 7. The molecule has 0 aliphatic carbocycles. The molecule has 2 aliphatic rings. The summed E-state index contributed by atoms with van der Waals surface area (Å²) >= 11 is 0. The predicted octanol–water partition coefficient (Wildman–Crippen LogP) is 3.35. The van der Waals surface area contributed by atoms with Crippen LogP contribution in [0.15, 0.2) is 60.7 Å². The Morgan fingerprint density at radius 1 is 1.06 bits per heavy atom. The molecule has 192 valence electrons. The molecule has 36 heavy (non-hydrogen) atoms. The highest BCUT2D eigenvalue weighted by atomic mass is 16.6. The van der Waals surface area contributed by atoms with Gasteiger partial charge in [-0.25, -0.2) is 14.5 Å². The Morgan fingerprint density at radius 3 is 2.31 bits per heavy atom. The van der Waals surface area contributed by atoms with Crippen molar-refractivity contribution < 1.29 is 33.7 Å². The molecule has 2 saturated heterocycles. The van der Waals surface area contributed by atoms with Gasteiger partial charge in [-0.2, -0.15) is 0 Å². The van der Waals surface area contributed by atoms with Gasteiger partial charge in [0.2, 0.25) is 5.91 Å². The SMILES string of the molecule is C[C@@H](C(=O)N1C(=O)OC[C@H]1Cc1ccccc1)[C@@H](O)[C@H]1COC(C)(C)N1C(=O)OCc1ccccc1. The molecule has 0 radical (unpaired) electrons. The second kappa shape index (κ2) is 10.7. The van der Waals surface area contributed by atoms with Crippen molar-refractivity contribution in [1.29, 1.82) is 0 Å². The summed E-state index contributed by atoms with van der Waals surface area (Å²) in [5.74, 6) is -1.56. The van der Waals surface area contributed by atoms with Crippen molar-refractivity contribution in [2.24, 2.45) is 5.92 Å². The van der Waals surface area contributed by atoms with E-state index in [0.29, 0.717) is 6.42 Å². The van der Waals surface area contributed by atoms with Gasteiger partial charge < -0.3 is 19.3 Å². The highest BCUT2D eigenvalue weighted by molar-refractivity contribution is 5.95. The Labute approximate surface area is 210 Å². The number of aliphatic hydroxyl groups is 1. The summed E-state index contributed by atoms with van der Waals surface area (Å²) in [6.07, 6.45) is -2.25. The van der Waals surface area contributed by atoms with E-state index in [1.165, 1.54) is 11.8 Å². The molecular formula is C27H32N2O7. The number of hydrogen-bond donors (Lipinski definition) is 1. The van der Waals surface area contributed by atoms with E-state index < -0.39 is 47.9 Å². The van der Waals surface area contributed by atoms with Gasteiger partial charge in [0.25, 0.3) is 0 Å². The van der Waals surface area contributed by atoms with E-state index in [4.69, 9.17) is 14.2 Å². The van der Waals surface area contributed by atoms with Gasteiger partial charge in [-0.15, -0.1) is 0 Å². The molecule has 4 rings (SSSR count). The zero-order chi connectivity index (χ0) is 25.9. The summed E-state index contributed by atoms with van der Waals surface area (Å²) in [6.45, 7) is 5.10. The standard InChI is InChI=1S/C27H32N2O7/c1-18(24(31)28-21(16-35-25(28)32)14-19-10-6-4-7-11-19)23(30)22-17-36-27(2,3)29(22)26(33)34-15-20-12-8-5-9-13-20/h4-13,18,21-23,30H,14-17H2,1-3H3/t18-,21-,22-,23-/m1/s1. The van der Waals surface area contributed by atoms with Crippen LogP contribution >= 0.6 is 0 Å². The van der Waals surface area contributed by atoms with Crippen molar-refractivity contribution in [3.05, 3.63) is 71.8 Å². The number of aliphatic hydroxyl groups excluding tert-OH is 1. The fourth-order valence-electron chi connectivity index (χ4n) is 4.69. The summed E-state index contributed by atoms with van der Waals surface area (Å²) in [5.41, 5.74) is 0.733. The zero-order valence-electron chi connectivity index (χ0n) is 20.7. The second-order valence-corrected chi connectivity index (χ2v) is 9.64. The van der Waals surface area contributed by atoms with Crippen LogP contribution in [0.5, 0.6) is 0 Å². The maximum absolute atomic E-state index is 13.4. The van der Waals surface area contributed by atoms with Crippen LogP contribution in [-0.4, -0.2) is 70.1 Å². The van der Waals surface area contributed by atoms with E-state index in [1.807, 2.05) is 60.7 Å². The molecule has 9 heteroatoms. The van der Waals surface area contributed by atoms with E-state index in [9.17, 15) is 19.5 Å².